The number of carbonyl (C=O) groups excluding carboxylic acids is 1. The van der Waals surface area contributed by atoms with Gasteiger partial charge in [0.2, 0.25) is 0 Å². The summed E-state index contributed by atoms with van der Waals surface area (Å²) in [7, 11) is 1.76. The molecular weight excluding hydrogens is 250 g/mol. The van der Waals surface area contributed by atoms with Gasteiger partial charge in [-0.2, -0.15) is 0 Å². The minimum Gasteiger partial charge on any atom is -0.381 e. The number of fused-ring (bicyclic) bond motifs is 2. The quantitative estimate of drug-likeness (QED) is 0.817. The van der Waals surface area contributed by atoms with Gasteiger partial charge in [-0.15, -0.1) is 5.10 Å². The Labute approximate surface area is 110 Å². The van der Waals surface area contributed by atoms with Crippen molar-refractivity contribution in [3.8, 4) is 0 Å². The molecule has 0 N–H and O–H groups in total. The van der Waals surface area contributed by atoms with Gasteiger partial charge in [0, 0.05) is 19.2 Å². The first kappa shape index (κ1) is 12.0. The van der Waals surface area contributed by atoms with E-state index in [9.17, 15) is 4.79 Å². The molecule has 2 atom stereocenters. The molecule has 2 aliphatic rings. The number of methoxy groups -OCH3 is 1. The first-order chi connectivity index (χ1) is 8.70. The second-order valence-electron chi connectivity index (χ2n) is 5.11. The van der Waals surface area contributed by atoms with Crippen molar-refractivity contribution in [1.29, 1.82) is 0 Å². The summed E-state index contributed by atoms with van der Waals surface area (Å²) >= 11 is 1.21. The number of piperidine rings is 1. The van der Waals surface area contributed by atoms with E-state index in [2.05, 4.69) is 14.5 Å². The molecule has 0 aromatic carbocycles. The first-order valence-electron chi connectivity index (χ1n) is 6.35. The highest BCUT2D eigenvalue weighted by molar-refractivity contribution is 7.07. The van der Waals surface area contributed by atoms with Crippen LogP contribution in [0.3, 0.4) is 0 Å². The highest BCUT2D eigenvalue weighted by Gasteiger charge is 2.44. The highest BCUT2D eigenvalue weighted by Crippen LogP contribution is 2.38. The van der Waals surface area contributed by atoms with Crippen molar-refractivity contribution < 1.29 is 9.53 Å². The maximum Gasteiger partial charge on any atom is 0.268 e. The SMILES string of the molecule is COC1CC2CCC(C1)N2C(=O)c1snnc1C. The number of ether oxygens (including phenoxy) is 1. The molecule has 3 heterocycles. The number of amides is 1. The summed E-state index contributed by atoms with van der Waals surface area (Å²) in [5, 5.41) is 3.93. The second-order valence-corrected chi connectivity index (χ2v) is 5.87. The molecule has 1 aromatic heterocycles. The third-order valence-electron chi connectivity index (χ3n) is 4.10. The number of nitrogens with zero attached hydrogens (tertiary/aromatic N) is 3. The predicted octanol–water partition coefficient (Wildman–Crippen LogP) is 1.63. The molecule has 0 aliphatic carbocycles. The fourth-order valence-corrected chi connectivity index (χ4v) is 3.80. The van der Waals surface area contributed by atoms with Crippen molar-refractivity contribution in [2.75, 3.05) is 7.11 Å². The van der Waals surface area contributed by atoms with E-state index in [1.807, 2.05) is 6.92 Å². The average molecular weight is 267 g/mol. The van der Waals surface area contributed by atoms with E-state index in [1.165, 1.54) is 11.5 Å². The molecule has 1 aromatic rings. The van der Waals surface area contributed by atoms with Gasteiger partial charge >= 0.3 is 0 Å². The first-order valence-corrected chi connectivity index (χ1v) is 7.12. The number of rotatable bonds is 2. The van der Waals surface area contributed by atoms with Crippen molar-refractivity contribution >= 4 is 17.4 Å². The van der Waals surface area contributed by atoms with Crippen LogP contribution in [0, 0.1) is 6.92 Å². The summed E-state index contributed by atoms with van der Waals surface area (Å²) in [6.45, 7) is 1.85. The Bertz CT molecular complexity index is 448. The zero-order chi connectivity index (χ0) is 12.7. The van der Waals surface area contributed by atoms with Gasteiger partial charge in [0.15, 0.2) is 0 Å². The maximum absolute atomic E-state index is 12.6. The van der Waals surface area contributed by atoms with Crippen molar-refractivity contribution in [2.45, 2.75) is 50.8 Å². The van der Waals surface area contributed by atoms with Crippen LogP contribution in [-0.2, 0) is 4.74 Å². The molecule has 5 nitrogen and oxygen atoms in total. The lowest BCUT2D eigenvalue weighted by atomic mass is 9.99. The van der Waals surface area contributed by atoms with Crippen molar-refractivity contribution in [1.82, 2.24) is 14.5 Å². The van der Waals surface area contributed by atoms with Crippen molar-refractivity contribution in [2.24, 2.45) is 0 Å². The molecule has 2 unspecified atom stereocenters. The van der Waals surface area contributed by atoms with E-state index in [1.54, 1.807) is 7.11 Å². The highest BCUT2D eigenvalue weighted by atomic mass is 32.1. The van der Waals surface area contributed by atoms with E-state index in [-0.39, 0.29) is 5.91 Å². The zero-order valence-corrected chi connectivity index (χ0v) is 11.4. The minimum atomic E-state index is 0.115. The Kier molecular flexibility index (Phi) is 3.07. The van der Waals surface area contributed by atoms with Gasteiger partial charge < -0.3 is 9.64 Å². The molecular formula is C12H17N3O2S. The molecule has 0 radical (unpaired) electrons. The summed E-state index contributed by atoms with van der Waals surface area (Å²) in [4.78, 5) is 15.3. The van der Waals surface area contributed by atoms with Crippen LogP contribution in [0.5, 0.6) is 0 Å². The van der Waals surface area contributed by atoms with Crippen LogP contribution in [0.2, 0.25) is 0 Å². The number of aryl methyl sites for hydroxylation is 1. The Hall–Kier alpha value is -1.01. The predicted molar refractivity (Wildman–Crippen MR) is 67.7 cm³/mol. The fourth-order valence-electron chi connectivity index (χ4n) is 3.20. The third-order valence-corrected chi connectivity index (χ3v) is 4.92. The molecule has 18 heavy (non-hydrogen) atoms. The van der Waals surface area contributed by atoms with Gasteiger partial charge in [-0.3, -0.25) is 4.79 Å². The minimum absolute atomic E-state index is 0.115. The molecule has 3 rings (SSSR count). The van der Waals surface area contributed by atoms with E-state index in [0.717, 1.165) is 31.4 Å². The van der Waals surface area contributed by atoms with Gasteiger partial charge in [-0.25, -0.2) is 0 Å². The lowest BCUT2D eigenvalue weighted by Crippen LogP contribution is -2.48. The molecule has 2 fully saturated rings. The van der Waals surface area contributed by atoms with Crippen molar-refractivity contribution in [3.63, 3.8) is 0 Å². The third kappa shape index (κ3) is 1.83. The Morgan fingerprint density at radius 1 is 1.39 bits per heavy atom. The Morgan fingerprint density at radius 3 is 2.56 bits per heavy atom. The molecule has 0 saturated carbocycles. The Morgan fingerprint density at radius 2 is 2.06 bits per heavy atom. The fraction of sp³-hybridized carbons (Fsp3) is 0.750. The van der Waals surface area contributed by atoms with Gasteiger partial charge in [0.25, 0.3) is 5.91 Å². The smallest absolute Gasteiger partial charge is 0.268 e. The lowest BCUT2D eigenvalue weighted by Gasteiger charge is -2.38. The van der Waals surface area contributed by atoms with Crippen molar-refractivity contribution in [3.05, 3.63) is 10.6 Å². The van der Waals surface area contributed by atoms with Crippen LogP contribution in [0.25, 0.3) is 0 Å². The normalized spacial score (nSPS) is 30.8. The summed E-state index contributed by atoms with van der Waals surface area (Å²) < 4.78 is 9.31. The molecule has 98 valence electrons. The molecule has 2 aliphatic heterocycles. The molecule has 2 saturated heterocycles. The summed E-state index contributed by atoms with van der Waals surface area (Å²) in [6.07, 6.45) is 4.43. The van der Waals surface area contributed by atoms with Gasteiger partial charge in [0.1, 0.15) is 4.88 Å². The number of carbonyl (C=O) groups is 1. The maximum atomic E-state index is 12.6. The number of hydrogen-bond acceptors (Lipinski definition) is 5. The number of aromatic nitrogens is 2. The zero-order valence-electron chi connectivity index (χ0n) is 10.6. The van der Waals surface area contributed by atoms with Crippen LogP contribution >= 0.6 is 11.5 Å². The molecule has 2 bridgehead atoms. The van der Waals surface area contributed by atoms with Gasteiger partial charge in [-0.05, 0) is 44.1 Å². The lowest BCUT2D eigenvalue weighted by molar-refractivity contribution is 0.00842. The summed E-state index contributed by atoms with van der Waals surface area (Å²) in [6, 6.07) is 0.672. The van der Waals surface area contributed by atoms with E-state index in [0.29, 0.717) is 23.1 Å². The molecule has 0 spiro atoms. The van der Waals surface area contributed by atoms with Crippen LogP contribution < -0.4 is 0 Å². The van der Waals surface area contributed by atoms with Crippen LogP contribution in [0.15, 0.2) is 0 Å². The van der Waals surface area contributed by atoms with Crippen LogP contribution in [0.4, 0.5) is 0 Å². The van der Waals surface area contributed by atoms with Crippen LogP contribution in [-0.4, -0.2) is 45.7 Å². The summed E-state index contributed by atoms with van der Waals surface area (Å²) in [5.74, 6) is 0.115. The summed E-state index contributed by atoms with van der Waals surface area (Å²) in [5.41, 5.74) is 0.748. The Balaban J connectivity index is 1.82. The van der Waals surface area contributed by atoms with Gasteiger partial charge in [-0.1, -0.05) is 4.49 Å². The topological polar surface area (TPSA) is 55.3 Å². The molecule has 6 heteroatoms. The number of hydrogen-bond donors (Lipinski definition) is 0. The average Bonchev–Trinajstić information content (AvgIpc) is 2.90. The van der Waals surface area contributed by atoms with Gasteiger partial charge in [0.05, 0.1) is 11.8 Å². The van der Waals surface area contributed by atoms with E-state index in [4.69, 9.17) is 4.74 Å². The van der Waals surface area contributed by atoms with E-state index < -0.39 is 0 Å². The standard InChI is InChI=1S/C12H17N3O2S/c1-7-11(18-14-13-7)12(16)15-8-3-4-9(15)6-10(5-8)17-2/h8-10H,3-6H2,1-2H3. The monoisotopic (exact) mass is 267 g/mol. The van der Waals surface area contributed by atoms with Crippen LogP contribution in [0.1, 0.15) is 41.0 Å². The van der Waals surface area contributed by atoms with E-state index >= 15 is 0 Å². The second kappa shape index (κ2) is 4.59. The largest absolute Gasteiger partial charge is 0.381 e. The molecule has 1 amide bonds.